The molecule has 2 N–H and O–H groups in total. The molecule has 1 aromatic heterocycles. The van der Waals surface area contributed by atoms with Crippen molar-refractivity contribution in [3.63, 3.8) is 0 Å². The first-order valence-electron chi connectivity index (χ1n) is 7.35. The molecule has 7 heteroatoms. The molecule has 3 rings (SSSR count). The maximum atomic E-state index is 4.57. The minimum absolute atomic E-state index is 0.644. The fourth-order valence-electron chi connectivity index (χ4n) is 2.59. The Bertz CT molecular complexity index is 442. The molecule has 2 aliphatic heterocycles. The second kappa shape index (κ2) is 6.47. The van der Waals surface area contributed by atoms with E-state index in [0.717, 1.165) is 31.5 Å². The van der Waals surface area contributed by atoms with Crippen LogP contribution in [0.2, 0.25) is 0 Å². The van der Waals surface area contributed by atoms with E-state index in [9.17, 15) is 0 Å². The van der Waals surface area contributed by atoms with Crippen molar-refractivity contribution in [3.8, 4) is 0 Å². The molecule has 0 saturated carbocycles. The van der Waals surface area contributed by atoms with Crippen molar-refractivity contribution in [2.75, 3.05) is 53.7 Å². The van der Waals surface area contributed by atoms with Crippen LogP contribution in [-0.4, -0.2) is 53.1 Å². The first-order chi connectivity index (χ1) is 9.85. The van der Waals surface area contributed by atoms with Gasteiger partial charge in [-0.25, -0.2) is 0 Å². The van der Waals surface area contributed by atoms with Gasteiger partial charge in [0.05, 0.1) is 0 Å². The maximum Gasteiger partial charge on any atom is 0.231 e. The number of hydrogen-bond donors (Lipinski definition) is 2. The average Bonchev–Trinajstić information content (AvgIpc) is 3.17. The lowest BCUT2D eigenvalue weighted by atomic mass is 10.1. The van der Waals surface area contributed by atoms with Gasteiger partial charge in [0.15, 0.2) is 0 Å². The minimum atomic E-state index is 0.644. The van der Waals surface area contributed by atoms with Gasteiger partial charge in [0.2, 0.25) is 17.8 Å². The maximum absolute atomic E-state index is 4.57. The van der Waals surface area contributed by atoms with E-state index < -0.39 is 0 Å². The second-order valence-electron chi connectivity index (χ2n) is 5.34. The predicted octanol–water partition coefficient (Wildman–Crippen LogP) is 1.68. The van der Waals surface area contributed by atoms with Gasteiger partial charge >= 0.3 is 0 Å². The molecule has 20 heavy (non-hydrogen) atoms. The topological polar surface area (TPSA) is 66.0 Å². The molecule has 1 unspecified atom stereocenters. The second-order valence-corrected chi connectivity index (χ2v) is 6.49. The van der Waals surface area contributed by atoms with Crippen molar-refractivity contribution >= 4 is 29.6 Å². The first-order valence-corrected chi connectivity index (χ1v) is 8.51. The summed E-state index contributed by atoms with van der Waals surface area (Å²) in [6.45, 7) is 3.05. The number of rotatable bonds is 5. The van der Waals surface area contributed by atoms with E-state index in [0.29, 0.717) is 11.9 Å². The molecule has 1 aromatic rings. The quantitative estimate of drug-likeness (QED) is 0.856. The summed E-state index contributed by atoms with van der Waals surface area (Å²) in [4.78, 5) is 15.7. The highest BCUT2D eigenvalue weighted by Gasteiger charge is 2.19. The van der Waals surface area contributed by atoms with E-state index in [-0.39, 0.29) is 0 Å². The summed E-state index contributed by atoms with van der Waals surface area (Å²) in [5.74, 6) is 5.41. The van der Waals surface area contributed by atoms with Crippen molar-refractivity contribution in [3.05, 3.63) is 0 Å². The standard InChI is InChI=1S/C13H22N6S/c1-14-11-16-12(15-8-10-4-7-20-9-10)18-13(17-11)19-5-2-3-6-19/h10H,2-9H2,1H3,(H2,14,15,16,17,18). The van der Waals surface area contributed by atoms with Gasteiger partial charge in [0.25, 0.3) is 0 Å². The molecular formula is C13H22N6S. The van der Waals surface area contributed by atoms with Crippen LogP contribution in [0.5, 0.6) is 0 Å². The Morgan fingerprint density at radius 3 is 2.70 bits per heavy atom. The van der Waals surface area contributed by atoms with Crippen LogP contribution >= 0.6 is 11.8 Å². The lowest BCUT2D eigenvalue weighted by Crippen LogP contribution is -2.23. The predicted molar refractivity (Wildman–Crippen MR) is 84.7 cm³/mol. The zero-order valence-corrected chi connectivity index (χ0v) is 12.7. The van der Waals surface area contributed by atoms with Crippen LogP contribution in [0.3, 0.4) is 0 Å². The van der Waals surface area contributed by atoms with E-state index in [4.69, 9.17) is 0 Å². The van der Waals surface area contributed by atoms with Gasteiger partial charge in [-0.3, -0.25) is 0 Å². The first kappa shape index (κ1) is 13.7. The Morgan fingerprint density at radius 2 is 2.00 bits per heavy atom. The van der Waals surface area contributed by atoms with Crippen LogP contribution in [0.4, 0.5) is 17.8 Å². The lowest BCUT2D eigenvalue weighted by Gasteiger charge is -2.17. The fraction of sp³-hybridized carbons (Fsp3) is 0.769. The van der Waals surface area contributed by atoms with E-state index in [1.807, 2.05) is 18.8 Å². The SMILES string of the molecule is CNc1nc(NCC2CCSC2)nc(N2CCCC2)n1. The van der Waals surface area contributed by atoms with Gasteiger partial charge < -0.3 is 15.5 Å². The number of thioether (sulfide) groups is 1. The van der Waals surface area contributed by atoms with E-state index >= 15 is 0 Å². The molecule has 3 heterocycles. The molecule has 2 fully saturated rings. The number of hydrogen-bond acceptors (Lipinski definition) is 7. The van der Waals surface area contributed by atoms with Crippen molar-refractivity contribution in [1.82, 2.24) is 15.0 Å². The smallest absolute Gasteiger partial charge is 0.231 e. The van der Waals surface area contributed by atoms with Crippen LogP contribution in [0.1, 0.15) is 19.3 Å². The summed E-state index contributed by atoms with van der Waals surface area (Å²) in [5, 5.41) is 6.41. The number of nitrogens with one attached hydrogen (secondary N) is 2. The van der Waals surface area contributed by atoms with E-state index in [1.165, 1.54) is 30.8 Å². The molecule has 1 atom stereocenters. The highest BCUT2D eigenvalue weighted by molar-refractivity contribution is 7.99. The van der Waals surface area contributed by atoms with Crippen molar-refractivity contribution in [2.45, 2.75) is 19.3 Å². The molecule has 0 spiro atoms. The average molecular weight is 294 g/mol. The zero-order valence-electron chi connectivity index (χ0n) is 11.9. The Morgan fingerprint density at radius 1 is 1.20 bits per heavy atom. The fourth-order valence-corrected chi connectivity index (χ4v) is 3.88. The third-order valence-electron chi connectivity index (χ3n) is 3.81. The summed E-state index contributed by atoms with van der Waals surface area (Å²) in [6.07, 6.45) is 3.74. The Labute approximate surface area is 124 Å². The van der Waals surface area contributed by atoms with Crippen molar-refractivity contribution in [2.24, 2.45) is 5.92 Å². The highest BCUT2D eigenvalue weighted by atomic mass is 32.2. The van der Waals surface area contributed by atoms with Gasteiger partial charge in [0, 0.05) is 26.7 Å². The molecule has 0 bridgehead atoms. The molecule has 0 amide bonds. The van der Waals surface area contributed by atoms with Gasteiger partial charge in [-0.1, -0.05) is 0 Å². The summed E-state index contributed by atoms with van der Waals surface area (Å²) in [5.41, 5.74) is 0. The van der Waals surface area contributed by atoms with Gasteiger partial charge in [-0.15, -0.1) is 0 Å². The molecular weight excluding hydrogens is 272 g/mol. The molecule has 110 valence electrons. The lowest BCUT2D eigenvalue weighted by molar-refractivity contribution is 0.628. The third-order valence-corrected chi connectivity index (χ3v) is 5.04. The third kappa shape index (κ3) is 3.26. The Hall–Kier alpha value is -1.24. The molecule has 0 aromatic carbocycles. The summed E-state index contributed by atoms with van der Waals surface area (Å²) >= 11 is 2.03. The van der Waals surface area contributed by atoms with Crippen LogP contribution < -0.4 is 15.5 Å². The Kier molecular flexibility index (Phi) is 4.44. The van der Waals surface area contributed by atoms with E-state index in [2.05, 4.69) is 30.5 Å². The van der Waals surface area contributed by atoms with Crippen LogP contribution in [-0.2, 0) is 0 Å². The van der Waals surface area contributed by atoms with Gasteiger partial charge in [-0.2, -0.15) is 26.7 Å². The largest absolute Gasteiger partial charge is 0.357 e. The number of anilines is 3. The van der Waals surface area contributed by atoms with Gasteiger partial charge in [0.1, 0.15) is 0 Å². The van der Waals surface area contributed by atoms with Crippen LogP contribution in [0.25, 0.3) is 0 Å². The normalized spacial score (nSPS) is 22.2. The monoisotopic (exact) mass is 294 g/mol. The Balaban J connectivity index is 1.69. The van der Waals surface area contributed by atoms with Crippen molar-refractivity contribution < 1.29 is 0 Å². The molecule has 0 radical (unpaired) electrons. The minimum Gasteiger partial charge on any atom is -0.357 e. The zero-order chi connectivity index (χ0) is 13.8. The van der Waals surface area contributed by atoms with Crippen LogP contribution in [0.15, 0.2) is 0 Å². The van der Waals surface area contributed by atoms with E-state index in [1.54, 1.807) is 0 Å². The molecule has 6 nitrogen and oxygen atoms in total. The summed E-state index contributed by atoms with van der Waals surface area (Å²) in [6, 6.07) is 0. The highest BCUT2D eigenvalue weighted by Crippen LogP contribution is 2.24. The van der Waals surface area contributed by atoms with Gasteiger partial charge in [-0.05, 0) is 36.7 Å². The number of aromatic nitrogens is 3. The van der Waals surface area contributed by atoms with Crippen LogP contribution in [0, 0.1) is 5.92 Å². The van der Waals surface area contributed by atoms with Crippen molar-refractivity contribution in [1.29, 1.82) is 0 Å². The number of nitrogens with zero attached hydrogens (tertiary/aromatic N) is 4. The molecule has 2 saturated heterocycles. The summed E-state index contributed by atoms with van der Waals surface area (Å²) in [7, 11) is 1.85. The summed E-state index contributed by atoms with van der Waals surface area (Å²) < 4.78 is 0. The molecule has 0 aliphatic carbocycles. The molecule has 2 aliphatic rings.